The standard InChI is InChI=1S/C19H29NO5/c1-6-7-14(4)20-18(21)12-25-19(22)15-8-9-16(17(10-15)23-5)24-11-13(2)3/h8-10,13-14H,6-7,11-12H2,1-5H3,(H,20,21)/t14-/m1/s1. The van der Waals surface area contributed by atoms with Gasteiger partial charge in [-0.05, 0) is 37.5 Å². The molecule has 0 heterocycles. The average Bonchev–Trinajstić information content (AvgIpc) is 2.57. The number of benzene rings is 1. The van der Waals surface area contributed by atoms with Crippen LogP contribution in [0.1, 0.15) is 50.9 Å². The highest BCUT2D eigenvalue weighted by Gasteiger charge is 2.15. The zero-order chi connectivity index (χ0) is 18.8. The predicted octanol–water partition coefficient (Wildman–Crippen LogP) is 3.19. The Kier molecular flexibility index (Phi) is 8.81. The van der Waals surface area contributed by atoms with Gasteiger partial charge in [0.25, 0.3) is 5.91 Å². The number of hydrogen-bond acceptors (Lipinski definition) is 5. The summed E-state index contributed by atoms with van der Waals surface area (Å²) in [4.78, 5) is 23.9. The molecule has 0 fully saturated rings. The number of rotatable bonds is 10. The molecule has 0 radical (unpaired) electrons. The number of esters is 1. The van der Waals surface area contributed by atoms with Gasteiger partial charge in [-0.15, -0.1) is 0 Å². The molecule has 1 amide bonds. The maximum Gasteiger partial charge on any atom is 0.338 e. The lowest BCUT2D eigenvalue weighted by atomic mass is 10.2. The second-order valence-corrected chi connectivity index (χ2v) is 6.40. The predicted molar refractivity (Wildman–Crippen MR) is 96.1 cm³/mol. The largest absolute Gasteiger partial charge is 0.493 e. The first kappa shape index (κ1) is 20.8. The van der Waals surface area contributed by atoms with E-state index in [4.69, 9.17) is 14.2 Å². The summed E-state index contributed by atoms with van der Waals surface area (Å²) in [5, 5.41) is 2.79. The molecule has 1 aromatic rings. The third-order valence-electron chi connectivity index (χ3n) is 3.43. The second kappa shape index (κ2) is 10.6. The summed E-state index contributed by atoms with van der Waals surface area (Å²) < 4.78 is 16.0. The van der Waals surface area contributed by atoms with Gasteiger partial charge in [0.05, 0.1) is 19.3 Å². The number of carbonyl (C=O) groups is 2. The lowest BCUT2D eigenvalue weighted by Crippen LogP contribution is -2.35. The molecule has 0 aromatic heterocycles. The van der Waals surface area contributed by atoms with Crippen LogP contribution in [0.4, 0.5) is 0 Å². The van der Waals surface area contributed by atoms with Crippen molar-refractivity contribution < 1.29 is 23.8 Å². The topological polar surface area (TPSA) is 73.9 Å². The van der Waals surface area contributed by atoms with Crippen molar-refractivity contribution in [3.8, 4) is 11.5 Å². The van der Waals surface area contributed by atoms with E-state index in [1.54, 1.807) is 18.2 Å². The number of methoxy groups -OCH3 is 1. The molecule has 25 heavy (non-hydrogen) atoms. The van der Waals surface area contributed by atoms with Crippen molar-refractivity contribution in [3.63, 3.8) is 0 Å². The summed E-state index contributed by atoms with van der Waals surface area (Å²) in [6.45, 7) is 8.31. The van der Waals surface area contributed by atoms with E-state index in [0.29, 0.717) is 29.6 Å². The SMILES string of the molecule is CCC[C@@H](C)NC(=O)COC(=O)c1ccc(OCC(C)C)c(OC)c1. The third kappa shape index (κ3) is 7.45. The van der Waals surface area contributed by atoms with Crippen LogP contribution in [-0.2, 0) is 9.53 Å². The van der Waals surface area contributed by atoms with E-state index >= 15 is 0 Å². The van der Waals surface area contributed by atoms with Gasteiger partial charge < -0.3 is 19.5 Å². The molecule has 0 aliphatic heterocycles. The van der Waals surface area contributed by atoms with Gasteiger partial charge >= 0.3 is 5.97 Å². The van der Waals surface area contributed by atoms with E-state index in [2.05, 4.69) is 5.32 Å². The summed E-state index contributed by atoms with van der Waals surface area (Å²) >= 11 is 0. The Morgan fingerprint density at radius 3 is 2.48 bits per heavy atom. The summed E-state index contributed by atoms with van der Waals surface area (Å²) in [6, 6.07) is 4.88. The molecule has 0 aliphatic rings. The Morgan fingerprint density at radius 1 is 1.16 bits per heavy atom. The fraction of sp³-hybridized carbons (Fsp3) is 0.579. The maximum atomic E-state index is 12.1. The van der Waals surface area contributed by atoms with Crippen LogP contribution in [0.2, 0.25) is 0 Å². The normalized spacial score (nSPS) is 11.8. The summed E-state index contributed by atoms with van der Waals surface area (Å²) in [6.07, 6.45) is 1.86. The summed E-state index contributed by atoms with van der Waals surface area (Å²) in [5.74, 6) is 0.517. The van der Waals surface area contributed by atoms with E-state index < -0.39 is 5.97 Å². The van der Waals surface area contributed by atoms with Gasteiger partial charge in [0, 0.05) is 6.04 Å². The van der Waals surface area contributed by atoms with Crippen molar-refractivity contribution in [3.05, 3.63) is 23.8 Å². The molecule has 1 N–H and O–H groups in total. The number of nitrogens with one attached hydrogen (secondary N) is 1. The molecule has 1 atom stereocenters. The lowest BCUT2D eigenvalue weighted by molar-refractivity contribution is -0.124. The fourth-order valence-corrected chi connectivity index (χ4v) is 2.21. The molecule has 0 aliphatic carbocycles. The Hall–Kier alpha value is -2.24. The van der Waals surface area contributed by atoms with E-state index in [1.807, 2.05) is 27.7 Å². The first-order chi connectivity index (χ1) is 11.9. The molecule has 0 saturated heterocycles. The van der Waals surface area contributed by atoms with Crippen molar-refractivity contribution in [2.45, 2.75) is 46.6 Å². The molecule has 6 heteroatoms. The first-order valence-electron chi connectivity index (χ1n) is 8.64. The smallest absolute Gasteiger partial charge is 0.338 e. The first-order valence-corrected chi connectivity index (χ1v) is 8.64. The van der Waals surface area contributed by atoms with Crippen molar-refractivity contribution in [1.29, 1.82) is 0 Å². The van der Waals surface area contributed by atoms with Crippen LogP contribution in [-0.4, -0.2) is 38.2 Å². The zero-order valence-corrected chi connectivity index (χ0v) is 15.8. The number of amides is 1. The van der Waals surface area contributed by atoms with Crippen LogP contribution >= 0.6 is 0 Å². The van der Waals surface area contributed by atoms with Gasteiger partial charge in [-0.2, -0.15) is 0 Å². The summed E-state index contributed by atoms with van der Waals surface area (Å²) in [7, 11) is 1.51. The highest BCUT2D eigenvalue weighted by atomic mass is 16.5. The molecular formula is C19H29NO5. The number of carbonyl (C=O) groups excluding carboxylic acids is 2. The van der Waals surface area contributed by atoms with Gasteiger partial charge in [0.15, 0.2) is 18.1 Å². The monoisotopic (exact) mass is 351 g/mol. The van der Waals surface area contributed by atoms with Gasteiger partial charge in [-0.25, -0.2) is 4.79 Å². The lowest BCUT2D eigenvalue weighted by Gasteiger charge is -2.14. The molecule has 1 aromatic carbocycles. The van der Waals surface area contributed by atoms with Crippen LogP contribution in [0.5, 0.6) is 11.5 Å². The van der Waals surface area contributed by atoms with E-state index in [9.17, 15) is 9.59 Å². The summed E-state index contributed by atoms with van der Waals surface area (Å²) in [5.41, 5.74) is 0.308. The Labute approximate surface area is 149 Å². The van der Waals surface area contributed by atoms with Gasteiger partial charge in [0.1, 0.15) is 0 Å². The molecule has 140 valence electrons. The minimum atomic E-state index is -0.577. The van der Waals surface area contributed by atoms with Gasteiger partial charge in [0.2, 0.25) is 0 Å². The number of hydrogen-bond donors (Lipinski definition) is 1. The third-order valence-corrected chi connectivity index (χ3v) is 3.43. The van der Waals surface area contributed by atoms with Crippen LogP contribution < -0.4 is 14.8 Å². The van der Waals surface area contributed by atoms with E-state index in [0.717, 1.165) is 12.8 Å². The van der Waals surface area contributed by atoms with Crippen LogP contribution in [0, 0.1) is 5.92 Å². The van der Waals surface area contributed by atoms with Gasteiger partial charge in [-0.3, -0.25) is 4.79 Å². The Bertz CT molecular complexity index is 571. The van der Waals surface area contributed by atoms with Gasteiger partial charge in [-0.1, -0.05) is 27.2 Å². The molecule has 0 spiro atoms. The van der Waals surface area contributed by atoms with Crippen molar-refractivity contribution in [2.24, 2.45) is 5.92 Å². The quantitative estimate of drug-likeness (QED) is 0.655. The van der Waals surface area contributed by atoms with Crippen molar-refractivity contribution >= 4 is 11.9 Å². The number of ether oxygens (including phenoxy) is 3. The Morgan fingerprint density at radius 2 is 1.88 bits per heavy atom. The minimum absolute atomic E-state index is 0.0636. The van der Waals surface area contributed by atoms with Crippen LogP contribution in [0.3, 0.4) is 0 Å². The molecule has 0 bridgehead atoms. The Balaban J connectivity index is 2.61. The van der Waals surface area contributed by atoms with E-state index in [1.165, 1.54) is 7.11 Å². The highest BCUT2D eigenvalue weighted by molar-refractivity contribution is 5.92. The molecule has 6 nitrogen and oxygen atoms in total. The minimum Gasteiger partial charge on any atom is -0.493 e. The molecular weight excluding hydrogens is 322 g/mol. The van der Waals surface area contributed by atoms with Crippen LogP contribution in [0.15, 0.2) is 18.2 Å². The van der Waals surface area contributed by atoms with E-state index in [-0.39, 0.29) is 18.6 Å². The average molecular weight is 351 g/mol. The maximum absolute atomic E-state index is 12.1. The molecule has 0 unspecified atom stereocenters. The molecule has 1 rings (SSSR count). The second-order valence-electron chi connectivity index (χ2n) is 6.40. The zero-order valence-electron chi connectivity index (χ0n) is 15.8. The van der Waals surface area contributed by atoms with Crippen molar-refractivity contribution in [2.75, 3.05) is 20.3 Å². The fourth-order valence-electron chi connectivity index (χ4n) is 2.21. The van der Waals surface area contributed by atoms with Crippen molar-refractivity contribution in [1.82, 2.24) is 5.32 Å². The highest BCUT2D eigenvalue weighted by Crippen LogP contribution is 2.28. The van der Waals surface area contributed by atoms with Crippen LogP contribution in [0.25, 0.3) is 0 Å². The molecule has 0 saturated carbocycles.